The highest BCUT2D eigenvalue weighted by Gasteiger charge is 2.44. The third-order valence-corrected chi connectivity index (χ3v) is 14.9. The number of hydrogen-bond donors (Lipinski definition) is 4. The van der Waals surface area contributed by atoms with E-state index in [9.17, 15) is 58.4 Å². The van der Waals surface area contributed by atoms with Crippen LogP contribution in [0.5, 0.6) is 5.75 Å². The number of fused-ring (bicyclic) bond motifs is 1. The van der Waals surface area contributed by atoms with E-state index >= 15 is 0 Å². The molecule has 0 aliphatic carbocycles. The Morgan fingerprint density at radius 1 is 0.800 bits per heavy atom. The Balaban J connectivity index is 1.60. The summed E-state index contributed by atoms with van der Waals surface area (Å²) >= 11 is 0. The van der Waals surface area contributed by atoms with E-state index in [-0.39, 0.29) is 62.3 Å². The van der Waals surface area contributed by atoms with E-state index in [4.69, 9.17) is 23.8 Å². The number of benzene rings is 2. The van der Waals surface area contributed by atoms with Crippen molar-refractivity contribution in [2.75, 3.05) is 94.3 Å². The number of carbonyl (C=O) groups excluding carboxylic acids is 3. The lowest BCUT2D eigenvalue weighted by molar-refractivity contribution is -0.197. The van der Waals surface area contributed by atoms with Gasteiger partial charge in [-0.25, -0.2) is 4.79 Å². The van der Waals surface area contributed by atoms with E-state index in [0.29, 0.717) is 116 Å². The molecule has 24 heteroatoms. The molecule has 4 N–H and O–H groups in total. The monoisotopic (exact) mass is 1110 g/mol. The van der Waals surface area contributed by atoms with Crippen LogP contribution < -0.4 is 9.80 Å². The lowest BCUT2D eigenvalue weighted by atomic mass is 9.77. The Bertz CT molecular complexity index is 2740. The van der Waals surface area contributed by atoms with Gasteiger partial charge in [-0.1, -0.05) is 52.0 Å². The van der Waals surface area contributed by atoms with Gasteiger partial charge in [0, 0.05) is 80.1 Å². The number of nitrogens with zero attached hydrogens (tertiary/aromatic N) is 3. The van der Waals surface area contributed by atoms with Crippen LogP contribution in [-0.4, -0.2) is 151 Å². The molecular weight excluding hydrogens is 1040 g/mol. The molecule has 21 nitrogen and oxygen atoms in total. The topological polar surface area (TPSA) is 290 Å². The standard InChI is InChI=1S/C51H73N3O18S3/c1-38(35-42(50(2,3)4)41-18-16-39(36-45(41)55)52(23-12-34-74(62,63)64)25-26-69-29-30-71-32-31-70-28-27-68-6)13-10-14-46-51(5,22-11-33-73(59,60)61)43-37-40(75(65,66)67)17-19-44(43)53(46)24-9-7-8-15-49(58)72-54-47(56)20-21-48(54)57/h10,13-14,16-19,35-37,55H,1,7-9,11-12,15,20-34H2,2-6H3,(H,59,60,61)(H,62,63,64)(H,65,66,67)/b13-10+,42-35+,46-14+. The van der Waals surface area contributed by atoms with Crippen molar-refractivity contribution >= 4 is 65.1 Å². The number of aromatic hydroxyl groups is 1. The lowest BCUT2D eigenvalue weighted by Crippen LogP contribution is -2.32. The van der Waals surface area contributed by atoms with Crippen LogP contribution in [0.3, 0.4) is 0 Å². The smallest absolute Gasteiger partial charge is 0.333 e. The summed E-state index contributed by atoms with van der Waals surface area (Å²) in [5, 5.41) is 12.1. The number of phenolic OH excluding ortho intramolecular Hbond substituents is 1. The van der Waals surface area contributed by atoms with E-state index < -0.39 is 70.5 Å². The molecule has 1 unspecified atom stereocenters. The number of rotatable bonds is 33. The van der Waals surface area contributed by atoms with Crippen LogP contribution in [0.4, 0.5) is 11.4 Å². The molecule has 0 spiro atoms. The summed E-state index contributed by atoms with van der Waals surface area (Å²) in [7, 11) is -11.7. The van der Waals surface area contributed by atoms with Gasteiger partial charge in [-0.15, -0.1) is 5.06 Å². The highest BCUT2D eigenvalue weighted by Crippen LogP contribution is 2.51. The van der Waals surface area contributed by atoms with E-state index in [1.54, 1.807) is 49.6 Å². The maximum Gasteiger partial charge on any atom is 0.333 e. The molecule has 2 heterocycles. The molecule has 2 aromatic carbocycles. The number of allylic oxidation sites excluding steroid dienone is 7. The fraction of sp³-hybridized carbons (Fsp3) is 0.549. The number of imide groups is 1. The van der Waals surface area contributed by atoms with Crippen LogP contribution in [0.2, 0.25) is 0 Å². The van der Waals surface area contributed by atoms with Gasteiger partial charge < -0.3 is 38.7 Å². The molecule has 1 saturated heterocycles. The second-order valence-electron chi connectivity index (χ2n) is 19.3. The van der Waals surface area contributed by atoms with Gasteiger partial charge in [0.05, 0.1) is 62.6 Å². The third-order valence-electron chi connectivity index (χ3n) is 12.4. The van der Waals surface area contributed by atoms with Crippen molar-refractivity contribution < 1.29 is 82.2 Å². The first kappa shape index (κ1) is 62.5. The van der Waals surface area contributed by atoms with E-state index in [0.717, 1.165) is 0 Å². The quantitative estimate of drug-likeness (QED) is 0.0258. The number of unbranched alkanes of at least 4 members (excludes halogenated alkanes) is 2. The van der Waals surface area contributed by atoms with Crippen LogP contribution in [0, 0.1) is 5.41 Å². The molecule has 2 aliphatic rings. The van der Waals surface area contributed by atoms with Crippen molar-refractivity contribution in [1.29, 1.82) is 0 Å². The maximum atomic E-state index is 12.5. The first-order chi connectivity index (χ1) is 35.1. The molecule has 0 bridgehead atoms. The fourth-order valence-corrected chi connectivity index (χ4v) is 10.1. The van der Waals surface area contributed by atoms with Gasteiger partial charge in [-0.2, -0.15) is 25.3 Å². The molecular formula is C51H73N3O18S3. The molecule has 418 valence electrons. The molecule has 75 heavy (non-hydrogen) atoms. The predicted molar refractivity (Wildman–Crippen MR) is 282 cm³/mol. The molecule has 4 rings (SSSR count). The number of carbonyl (C=O) groups is 3. The maximum absolute atomic E-state index is 12.5. The predicted octanol–water partition coefficient (Wildman–Crippen LogP) is 6.46. The van der Waals surface area contributed by atoms with Crippen LogP contribution in [-0.2, 0) is 73.9 Å². The molecule has 0 radical (unpaired) electrons. The lowest BCUT2D eigenvalue weighted by Gasteiger charge is -2.30. The molecule has 2 aromatic rings. The number of hydrogen-bond acceptors (Lipinski definition) is 17. The van der Waals surface area contributed by atoms with Crippen LogP contribution >= 0.6 is 0 Å². The highest BCUT2D eigenvalue weighted by atomic mass is 32.2. The first-order valence-electron chi connectivity index (χ1n) is 24.6. The Kier molecular flexibility index (Phi) is 23.7. The van der Waals surface area contributed by atoms with Gasteiger partial charge in [-0.3, -0.25) is 23.2 Å². The summed E-state index contributed by atoms with van der Waals surface area (Å²) < 4.78 is 122. The molecule has 2 aliphatic heterocycles. The van der Waals surface area contributed by atoms with Crippen LogP contribution in [0.25, 0.3) is 5.57 Å². The van der Waals surface area contributed by atoms with E-state index in [2.05, 4.69) is 6.58 Å². The number of anilines is 2. The van der Waals surface area contributed by atoms with Crippen molar-refractivity contribution in [1.82, 2.24) is 5.06 Å². The zero-order valence-corrected chi connectivity index (χ0v) is 45.9. The first-order valence-corrected chi connectivity index (χ1v) is 29.3. The van der Waals surface area contributed by atoms with Gasteiger partial charge >= 0.3 is 5.97 Å². The Hall–Kier alpha value is -5.02. The van der Waals surface area contributed by atoms with Crippen molar-refractivity contribution in [2.45, 2.75) is 95.8 Å². The molecule has 2 amide bonds. The van der Waals surface area contributed by atoms with Crippen LogP contribution in [0.15, 0.2) is 83.4 Å². The van der Waals surface area contributed by atoms with Crippen molar-refractivity contribution in [3.63, 3.8) is 0 Å². The zero-order chi connectivity index (χ0) is 55.6. The minimum absolute atomic E-state index is 0.0186. The molecule has 0 aromatic heterocycles. The number of methoxy groups -OCH3 is 1. The molecule has 0 saturated carbocycles. The minimum atomic E-state index is -4.66. The fourth-order valence-electron chi connectivity index (χ4n) is 8.63. The Morgan fingerprint density at radius 3 is 2.00 bits per heavy atom. The Morgan fingerprint density at radius 2 is 1.41 bits per heavy atom. The summed E-state index contributed by atoms with van der Waals surface area (Å²) in [5.41, 5.74) is 2.39. The zero-order valence-electron chi connectivity index (χ0n) is 43.4. The summed E-state index contributed by atoms with van der Waals surface area (Å²) in [6, 6.07) is 9.28. The molecule has 1 fully saturated rings. The number of hydroxylamine groups is 2. The van der Waals surface area contributed by atoms with Gasteiger partial charge in [0.15, 0.2) is 0 Å². The van der Waals surface area contributed by atoms with Crippen molar-refractivity contribution in [3.8, 4) is 5.75 Å². The number of phenols is 1. The van der Waals surface area contributed by atoms with Crippen molar-refractivity contribution in [2.24, 2.45) is 5.41 Å². The average Bonchev–Trinajstić information content (AvgIpc) is 3.74. The normalized spacial score (nSPS) is 17.2. The Labute approximate surface area is 441 Å². The second-order valence-corrected chi connectivity index (χ2v) is 23.9. The summed E-state index contributed by atoms with van der Waals surface area (Å²) in [6.07, 6.45) is 8.47. The largest absolute Gasteiger partial charge is 0.507 e. The highest BCUT2D eigenvalue weighted by molar-refractivity contribution is 7.86. The SMILES string of the molecule is C=C(/C=C(\c1ccc(N(CCCS(=O)(=O)O)CCOCCOCCOCCOC)cc1O)C(C)(C)C)/C=C/C=C1/N(CCCCCC(=O)ON2C(=O)CCC2=O)c2ccc(S(=O)(=O)O)cc2C1(C)CCCS(=O)(=O)O. The van der Waals surface area contributed by atoms with Gasteiger partial charge in [0.25, 0.3) is 42.2 Å². The number of amides is 2. The van der Waals surface area contributed by atoms with Crippen LogP contribution in [0.1, 0.15) is 96.6 Å². The molecule has 1 atom stereocenters. The average molecular weight is 1110 g/mol. The van der Waals surface area contributed by atoms with Gasteiger partial charge in [0.1, 0.15) is 5.75 Å². The third kappa shape index (κ3) is 20.1. The number of ether oxygens (including phenoxy) is 4. The van der Waals surface area contributed by atoms with E-state index in [1.165, 1.54) is 12.1 Å². The summed E-state index contributed by atoms with van der Waals surface area (Å²) in [5.74, 6) is -3.00. The van der Waals surface area contributed by atoms with E-state index in [1.807, 2.05) is 43.6 Å². The van der Waals surface area contributed by atoms with Gasteiger partial charge in [0.2, 0.25) is 0 Å². The second kappa shape index (κ2) is 28.4. The summed E-state index contributed by atoms with van der Waals surface area (Å²) in [4.78, 5) is 44.7. The summed E-state index contributed by atoms with van der Waals surface area (Å²) in [6.45, 7) is 15.5. The van der Waals surface area contributed by atoms with Crippen molar-refractivity contribution in [3.05, 3.63) is 89.7 Å². The van der Waals surface area contributed by atoms with Gasteiger partial charge in [-0.05, 0) is 97.6 Å². The minimum Gasteiger partial charge on any atom is -0.507 e.